The zero-order valence-electron chi connectivity index (χ0n) is 10.9. The highest BCUT2D eigenvalue weighted by Gasteiger charge is 2.34. The molecule has 1 atom stereocenters. The summed E-state index contributed by atoms with van der Waals surface area (Å²) >= 11 is 0. The number of amides is 1. The second kappa shape index (κ2) is 4.98. The molecule has 0 saturated carbocycles. The van der Waals surface area contributed by atoms with Gasteiger partial charge >= 0.3 is 6.09 Å². The highest BCUT2D eigenvalue weighted by Crippen LogP contribution is 2.30. The summed E-state index contributed by atoms with van der Waals surface area (Å²) in [5.41, 5.74) is 1.21. The highest BCUT2D eigenvalue weighted by atomic mass is 16.4. The van der Waals surface area contributed by atoms with Gasteiger partial charge in [-0.3, -0.25) is 4.90 Å². The molecular weight excluding hydrogens is 228 g/mol. The van der Waals surface area contributed by atoms with Crippen LogP contribution in [0.2, 0.25) is 0 Å². The molecule has 0 spiro atoms. The van der Waals surface area contributed by atoms with E-state index in [9.17, 15) is 4.79 Å². The van der Waals surface area contributed by atoms with Crippen molar-refractivity contribution < 1.29 is 9.90 Å². The summed E-state index contributed by atoms with van der Waals surface area (Å²) < 4.78 is 0. The Bertz CT molecular complexity index is 417. The first-order valence-corrected chi connectivity index (χ1v) is 6.30. The molecule has 0 bridgehead atoms. The number of hydrogen-bond donors (Lipinski definition) is 2. The summed E-state index contributed by atoms with van der Waals surface area (Å²) in [4.78, 5) is 13.0. The third kappa shape index (κ3) is 2.64. The average molecular weight is 248 g/mol. The predicted molar refractivity (Wildman–Crippen MR) is 70.6 cm³/mol. The monoisotopic (exact) mass is 248 g/mol. The number of benzene rings is 1. The normalized spacial score (nSPS) is 20.9. The molecule has 98 valence electrons. The lowest BCUT2D eigenvalue weighted by molar-refractivity contribution is 0.149. The molecule has 1 amide bonds. The van der Waals surface area contributed by atoms with Crippen molar-refractivity contribution in [3.05, 3.63) is 35.9 Å². The second-order valence-corrected chi connectivity index (χ2v) is 5.31. The van der Waals surface area contributed by atoms with Crippen LogP contribution in [0.15, 0.2) is 30.3 Å². The molecule has 1 saturated heterocycles. The molecule has 1 fully saturated rings. The quantitative estimate of drug-likeness (QED) is 0.862. The summed E-state index contributed by atoms with van der Waals surface area (Å²) in [7, 11) is 0. The first kappa shape index (κ1) is 12.9. The van der Waals surface area contributed by atoms with E-state index >= 15 is 0 Å². The number of carboxylic acid groups (broad SMARTS) is 1. The SMILES string of the molecule is CC(C)(c1ccccc1)N1CCC(NC(=O)O)C1. The fraction of sp³-hybridized carbons (Fsp3) is 0.500. The summed E-state index contributed by atoms with van der Waals surface area (Å²) in [5, 5.41) is 11.3. The molecule has 18 heavy (non-hydrogen) atoms. The van der Waals surface area contributed by atoms with Gasteiger partial charge in [0.1, 0.15) is 0 Å². The van der Waals surface area contributed by atoms with Gasteiger partial charge in [0, 0.05) is 24.7 Å². The summed E-state index contributed by atoms with van der Waals surface area (Å²) in [6.07, 6.45) is -0.0536. The van der Waals surface area contributed by atoms with Crippen molar-refractivity contribution in [3.63, 3.8) is 0 Å². The fourth-order valence-electron chi connectivity index (χ4n) is 2.59. The molecule has 1 heterocycles. The standard InChI is InChI=1S/C14H20N2O2/c1-14(2,11-6-4-3-5-7-11)16-9-8-12(10-16)15-13(17)18/h3-7,12,15H,8-10H2,1-2H3,(H,17,18). The first-order chi connectivity index (χ1) is 8.50. The van der Waals surface area contributed by atoms with Gasteiger partial charge in [0.25, 0.3) is 0 Å². The molecule has 1 aromatic carbocycles. The second-order valence-electron chi connectivity index (χ2n) is 5.31. The van der Waals surface area contributed by atoms with Crippen LogP contribution in [0.3, 0.4) is 0 Å². The minimum Gasteiger partial charge on any atom is -0.465 e. The molecule has 1 aliphatic heterocycles. The number of rotatable bonds is 3. The molecule has 1 aliphatic rings. The van der Waals surface area contributed by atoms with Gasteiger partial charge in [-0.2, -0.15) is 0 Å². The van der Waals surface area contributed by atoms with Gasteiger partial charge in [-0.25, -0.2) is 4.79 Å². The van der Waals surface area contributed by atoms with Crippen LogP contribution in [-0.2, 0) is 5.54 Å². The van der Waals surface area contributed by atoms with E-state index < -0.39 is 6.09 Å². The van der Waals surface area contributed by atoms with Crippen LogP contribution in [0.4, 0.5) is 4.79 Å². The van der Waals surface area contributed by atoms with Gasteiger partial charge in [-0.15, -0.1) is 0 Å². The molecule has 2 N–H and O–H groups in total. The summed E-state index contributed by atoms with van der Waals surface area (Å²) in [5.74, 6) is 0. The molecule has 4 nitrogen and oxygen atoms in total. The maximum Gasteiger partial charge on any atom is 0.404 e. The van der Waals surface area contributed by atoms with E-state index in [1.807, 2.05) is 18.2 Å². The van der Waals surface area contributed by atoms with Crippen molar-refractivity contribution in [1.82, 2.24) is 10.2 Å². The smallest absolute Gasteiger partial charge is 0.404 e. The van der Waals surface area contributed by atoms with E-state index in [0.717, 1.165) is 19.5 Å². The van der Waals surface area contributed by atoms with Gasteiger partial charge in [0.2, 0.25) is 0 Å². The Morgan fingerprint density at radius 2 is 2.06 bits per heavy atom. The zero-order valence-corrected chi connectivity index (χ0v) is 10.9. The van der Waals surface area contributed by atoms with Crippen LogP contribution < -0.4 is 5.32 Å². The van der Waals surface area contributed by atoms with Crippen molar-refractivity contribution in [3.8, 4) is 0 Å². The number of nitrogens with zero attached hydrogens (tertiary/aromatic N) is 1. The van der Waals surface area contributed by atoms with E-state index in [1.54, 1.807) is 0 Å². The van der Waals surface area contributed by atoms with Gasteiger partial charge in [0.05, 0.1) is 0 Å². The van der Waals surface area contributed by atoms with Crippen molar-refractivity contribution in [2.24, 2.45) is 0 Å². The fourth-order valence-corrected chi connectivity index (χ4v) is 2.59. The van der Waals surface area contributed by atoms with E-state index in [1.165, 1.54) is 5.56 Å². The predicted octanol–water partition coefficient (Wildman–Crippen LogP) is 2.26. The minimum absolute atomic E-state index is 0.0467. The Kier molecular flexibility index (Phi) is 3.57. The molecule has 1 aromatic rings. The van der Waals surface area contributed by atoms with E-state index in [4.69, 9.17) is 5.11 Å². The average Bonchev–Trinajstić information content (AvgIpc) is 2.78. The van der Waals surface area contributed by atoms with E-state index in [2.05, 4.69) is 36.2 Å². The molecule has 0 aliphatic carbocycles. The van der Waals surface area contributed by atoms with Crippen LogP contribution in [0.25, 0.3) is 0 Å². The largest absolute Gasteiger partial charge is 0.465 e. The van der Waals surface area contributed by atoms with Crippen LogP contribution >= 0.6 is 0 Å². The summed E-state index contributed by atoms with van der Waals surface area (Å²) in [6.45, 7) is 6.07. The summed E-state index contributed by atoms with van der Waals surface area (Å²) in [6, 6.07) is 10.4. The number of hydrogen-bond acceptors (Lipinski definition) is 2. The topological polar surface area (TPSA) is 52.6 Å². The Morgan fingerprint density at radius 1 is 1.39 bits per heavy atom. The van der Waals surface area contributed by atoms with Gasteiger partial charge in [-0.05, 0) is 25.8 Å². The zero-order chi connectivity index (χ0) is 13.2. The number of carbonyl (C=O) groups is 1. The Morgan fingerprint density at radius 3 is 2.67 bits per heavy atom. The van der Waals surface area contributed by atoms with E-state index in [-0.39, 0.29) is 11.6 Å². The maximum absolute atomic E-state index is 10.7. The molecule has 2 rings (SSSR count). The van der Waals surface area contributed by atoms with Crippen molar-refractivity contribution in [1.29, 1.82) is 0 Å². The number of likely N-dealkylation sites (tertiary alicyclic amines) is 1. The van der Waals surface area contributed by atoms with Gasteiger partial charge in [-0.1, -0.05) is 30.3 Å². The van der Waals surface area contributed by atoms with Gasteiger partial charge < -0.3 is 10.4 Å². The molecular formula is C14H20N2O2. The number of nitrogens with one attached hydrogen (secondary N) is 1. The molecule has 0 aromatic heterocycles. The van der Waals surface area contributed by atoms with Crippen molar-refractivity contribution in [2.75, 3.05) is 13.1 Å². The lowest BCUT2D eigenvalue weighted by Crippen LogP contribution is -2.43. The Hall–Kier alpha value is -1.55. The third-order valence-corrected chi connectivity index (χ3v) is 3.79. The molecule has 0 radical (unpaired) electrons. The Labute approximate surface area is 108 Å². The van der Waals surface area contributed by atoms with Crippen molar-refractivity contribution in [2.45, 2.75) is 31.8 Å². The third-order valence-electron chi connectivity index (χ3n) is 3.79. The maximum atomic E-state index is 10.7. The van der Waals surface area contributed by atoms with E-state index in [0.29, 0.717) is 0 Å². The lowest BCUT2D eigenvalue weighted by Gasteiger charge is -2.36. The highest BCUT2D eigenvalue weighted by molar-refractivity contribution is 5.64. The van der Waals surface area contributed by atoms with Crippen LogP contribution in [0, 0.1) is 0 Å². The van der Waals surface area contributed by atoms with Crippen LogP contribution in [-0.4, -0.2) is 35.2 Å². The van der Waals surface area contributed by atoms with Crippen LogP contribution in [0.1, 0.15) is 25.8 Å². The molecule has 4 heteroatoms. The Balaban J connectivity index is 2.06. The van der Waals surface area contributed by atoms with Crippen molar-refractivity contribution >= 4 is 6.09 Å². The first-order valence-electron chi connectivity index (χ1n) is 6.30. The lowest BCUT2D eigenvalue weighted by atomic mass is 9.92. The minimum atomic E-state index is -0.931. The van der Waals surface area contributed by atoms with Crippen LogP contribution in [0.5, 0.6) is 0 Å². The molecule has 1 unspecified atom stereocenters. The van der Waals surface area contributed by atoms with Gasteiger partial charge in [0.15, 0.2) is 0 Å².